The standard InChI is InChI=1S/C14H26N2O.ClH/c1-11-3-2-4-12(9-11)10-14(17)16-7-5-13(15)6-8-16;/h11-13H,2-10,15H2,1H3;1H. The molecule has 18 heavy (non-hydrogen) atoms. The zero-order valence-electron chi connectivity index (χ0n) is 11.4. The molecule has 1 aliphatic heterocycles. The molecule has 0 aromatic heterocycles. The number of hydrogen-bond acceptors (Lipinski definition) is 2. The van der Waals surface area contributed by atoms with Crippen LogP contribution in [0.3, 0.4) is 0 Å². The van der Waals surface area contributed by atoms with Gasteiger partial charge in [-0.15, -0.1) is 12.4 Å². The van der Waals surface area contributed by atoms with Crippen LogP contribution in [-0.4, -0.2) is 29.9 Å². The molecule has 1 saturated heterocycles. The number of nitrogens with two attached hydrogens (primary N) is 1. The van der Waals surface area contributed by atoms with Gasteiger partial charge >= 0.3 is 0 Å². The summed E-state index contributed by atoms with van der Waals surface area (Å²) >= 11 is 0. The van der Waals surface area contributed by atoms with Crippen LogP contribution in [0.1, 0.15) is 51.9 Å². The predicted octanol–water partition coefficient (Wildman–Crippen LogP) is 2.57. The van der Waals surface area contributed by atoms with Gasteiger partial charge in [0.05, 0.1) is 0 Å². The van der Waals surface area contributed by atoms with E-state index in [-0.39, 0.29) is 12.4 Å². The van der Waals surface area contributed by atoms with Gasteiger partial charge in [-0.25, -0.2) is 0 Å². The average Bonchev–Trinajstić information content (AvgIpc) is 2.29. The van der Waals surface area contributed by atoms with Gasteiger partial charge < -0.3 is 10.6 Å². The molecule has 2 rings (SSSR count). The Kier molecular flexibility index (Phi) is 6.44. The Labute approximate surface area is 117 Å². The van der Waals surface area contributed by atoms with Crippen molar-refractivity contribution in [1.82, 2.24) is 4.90 Å². The molecule has 2 aliphatic rings. The summed E-state index contributed by atoms with van der Waals surface area (Å²) < 4.78 is 0. The lowest BCUT2D eigenvalue weighted by Crippen LogP contribution is -2.43. The zero-order chi connectivity index (χ0) is 12.3. The highest BCUT2D eigenvalue weighted by Gasteiger charge is 2.25. The highest BCUT2D eigenvalue weighted by atomic mass is 35.5. The second kappa shape index (κ2) is 7.34. The smallest absolute Gasteiger partial charge is 0.222 e. The number of piperidine rings is 1. The molecule has 0 aromatic carbocycles. The van der Waals surface area contributed by atoms with E-state index in [1.165, 1.54) is 25.7 Å². The number of amides is 1. The summed E-state index contributed by atoms with van der Waals surface area (Å²) in [5, 5.41) is 0. The van der Waals surface area contributed by atoms with E-state index in [0.29, 0.717) is 17.9 Å². The fourth-order valence-electron chi connectivity index (χ4n) is 3.27. The van der Waals surface area contributed by atoms with Gasteiger partial charge in [0.25, 0.3) is 0 Å². The monoisotopic (exact) mass is 274 g/mol. The Morgan fingerprint density at radius 3 is 2.50 bits per heavy atom. The Hall–Kier alpha value is -0.280. The summed E-state index contributed by atoms with van der Waals surface area (Å²) in [5.41, 5.74) is 5.86. The van der Waals surface area contributed by atoms with Gasteiger partial charge in [0.1, 0.15) is 0 Å². The minimum Gasteiger partial charge on any atom is -0.343 e. The van der Waals surface area contributed by atoms with E-state index >= 15 is 0 Å². The summed E-state index contributed by atoms with van der Waals surface area (Å²) in [6.07, 6.45) is 7.90. The second-order valence-electron chi connectivity index (χ2n) is 6.06. The molecule has 1 heterocycles. The van der Waals surface area contributed by atoms with Crippen LogP contribution in [0.4, 0.5) is 0 Å². The third-order valence-corrected chi connectivity index (χ3v) is 4.40. The lowest BCUT2D eigenvalue weighted by molar-refractivity contribution is -0.133. The molecular weight excluding hydrogens is 248 g/mol. The van der Waals surface area contributed by atoms with Crippen molar-refractivity contribution in [2.45, 2.75) is 57.9 Å². The molecule has 2 atom stereocenters. The molecule has 1 amide bonds. The van der Waals surface area contributed by atoms with Crippen molar-refractivity contribution in [3.05, 3.63) is 0 Å². The van der Waals surface area contributed by atoms with Crippen molar-refractivity contribution in [2.75, 3.05) is 13.1 Å². The van der Waals surface area contributed by atoms with Crippen molar-refractivity contribution in [2.24, 2.45) is 17.6 Å². The van der Waals surface area contributed by atoms with E-state index in [9.17, 15) is 4.79 Å². The maximum Gasteiger partial charge on any atom is 0.222 e. The van der Waals surface area contributed by atoms with Crippen LogP contribution >= 0.6 is 12.4 Å². The molecule has 3 nitrogen and oxygen atoms in total. The van der Waals surface area contributed by atoms with Crippen LogP contribution in [0, 0.1) is 11.8 Å². The molecular formula is C14H27ClN2O. The fraction of sp³-hybridized carbons (Fsp3) is 0.929. The van der Waals surface area contributed by atoms with E-state index in [2.05, 4.69) is 6.92 Å². The Morgan fingerprint density at radius 2 is 1.89 bits per heavy atom. The highest BCUT2D eigenvalue weighted by Crippen LogP contribution is 2.31. The third kappa shape index (κ3) is 4.43. The Morgan fingerprint density at radius 1 is 1.22 bits per heavy atom. The normalized spacial score (nSPS) is 29.8. The van der Waals surface area contributed by atoms with E-state index in [1.807, 2.05) is 4.90 Å². The molecule has 106 valence electrons. The summed E-state index contributed by atoms with van der Waals surface area (Å²) in [6, 6.07) is 0.314. The number of likely N-dealkylation sites (tertiary alicyclic amines) is 1. The van der Waals surface area contributed by atoms with E-state index in [4.69, 9.17) is 5.73 Å². The molecule has 2 unspecified atom stereocenters. The first kappa shape index (κ1) is 15.8. The molecule has 1 aliphatic carbocycles. The summed E-state index contributed by atoms with van der Waals surface area (Å²) in [6.45, 7) is 4.07. The van der Waals surface area contributed by atoms with Crippen molar-refractivity contribution >= 4 is 18.3 Å². The minimum atomic E-state index is 0. The highest BCUT2D eigenvalue weighted by molar-refractivity contribution is 5.85. The number of rotatable bonds is 2. The second-order valence-corrected chi connectivity index (χ2v) is 6.06. The third-order valence-electron chi connectivity index (χ3n) is 4.40. The number of nitrogens with zero attached hydrogens (tertiary/aromatic N) is 1. The largest absolute Gasteiger partial charge is 0.343 e. The van der Waals surface area contributed by atoms with E-state index in [0.717, 1.165) is 38.3 Å². The van der Waals surface area contributed by atoms with Gasteiger partial charge in [-0.2, -0.15) is 0 Å². The number of hydrogen-bond donors (Lipinski definition) is 1. The Balaban J connectivity index is 0.00000162. The first-order valence-electron chi connectivity index (χ1n) is 7.18. The Bertz CT molecular complexity index is 265. The molecule has 2 fully saturated rings. The molecule has 0 spiro atoms. The van der Waals surface area contributed by atoms with Crippen molar-refractivity contribution in [1.29, 1.82) is 0 Å². The van der Waals surface area contributed by atoms with E-state index in [1.54, 1.807) is 0 Å². The van der Waals surface area contributed by atoms with Gasteiger partial charge in [0.2, 0.25) is 5.91 Å². The van der Waals surface area contributed by atoms with Gasteiger partial charge in [-0.05, 0) is 37.5 Å². The van der Waals surface area contributed by atoms with Crippen LogP contribution < -0.4 is 5.73 Å². The lowest BCUT2D eigenvalue weighted by atomic mass is 9.80. The van der Waals surface area contributed by atoms with Crippen molar-refractivity contribution in [3.8, 4) is 0 Å². The molecule has 0 bridgehead atoms. The predicted molar refractivity (Wildman–Crippen MR) is 76.8 cm³/mol. The number of halogens is 1. The summed E-state index contributed by atoms with van der Waals surface area (Å²) in [4.78, 5) is 14.2. The maximum atomic E-state index is 12.2. The fourth-order valence-corrected chi connectivity index (χ4v) is 3.27. The van der Waals surface area contributed by atoms with Crippen LogP contribution in [0.5, 0.6) is 0 Å². The van der Waals surface area contributed by atoms with Gasteiger partial charge in [0.15, 0.2) is 0 Å². The first-order chi connectivity index (χ1) is 8.15. The first-order valence-corrected chi connectivity index (χ1v) is 7.18. The number of carbonyl (C=O) groups is 1. The minimum absolute atomic E-state index is 0. The molecule has 4 heteroatoms. The van der Waals surface area contributed by atoms with Gasteiger partial charge in [-0.3, -0.25) is 4.79 Å². The quantitative estimate of drug-likeness (QED) is 0.841. The maximum absolute atomic E-state index is 12.2. The average molecular weight is 275 g/mol. The zero-order valence-corrected chi connectivity index (χ0v) is 12.3. The van der Waals surface area contributed by atoms with Crippen LogP contribution in [0.15, 0.2) is 0 Å². The van der Waals surface area contributed by atoms with Crippen LogP contribution in [-0.2, 0) is 4.79 Å². The molecule has 0 aromatic rings. The lowest BCUT2D eigenvalue weighted by Gasteiger charge is -2.33. The SMILES string of the molecule is CC1CCCC(CC(=O)N2CCC(N)CC2)C1.Cl. The van der Waals surface area contributed by atoms with Gasteiger partial charge in [-0.1, -0.05) is 19.8 Å². The van der Waals surface area contributed by atoms with Crippen LogP contribution in [0.25, 0.3) is 0 Å². The summed E-state index contributed by atoms with van der Waals surface area (Å²) in [5.74, 6) is 1.83. The van der Waals surface area contributed by atoms with Gasteiger partial charge in [0, 0.05) is 25.6 Å². The van der Waals surface area contributed by atoms with E-state index < -0.39 is 0 Å². The number of carbonyl (C=O) groups excluding carboxylic acids is 1. The molecule has 1 saturated carbocycles. The van der Waals surface area contributed by atoms with Crippen molar-refractivity contribution < 1.29 is 4.79 Å². The summed E-state index contributed by atoms with van der Waals surface area (Å²) in [7, 11) is 0. The molecule has 2 N–H and O–H groups in total. The molecule has 0 radical (unpaired) electrons. The van der Waals surface area contributed by atoms with Crippen LogP contribution in [0.2, 0.25) is 0 Å². The van der Waals surface area contributed by atoms with Crippen molar-refractivity contribution in [3.63, 3.8) is 0 Å². The topological polar surface area (TPSA) is 46.3 Å².